The molecule has 1 heterocycles. The number of unbranched alkanes of at least 4 members (excludes halogenated alkanes) is 1. The van der Waals surface area contributed by atoms with Gasteiger partial charge in [0.25, 0.3) is 0 Å². The van der Waals surface area contributed by atoms with Crippen LogP contribution in [-0.2, 0) is 4.74 Å². The van der Waals surface area contributed by atoms with E-state index in [9.17, 15) is 4.79 Å². The number of likely N-dealkylation sites (tertiary alicyclic amines) is 1. The number of nitrogens with one attached hydrogen (secondary N) is 1. The molecule has 1 aliphatic heterocycles. The average molecular weight is 306 g/mol. The summed E-state index contributed by atoms with van der Waals surface area (Å²) in [5, 5.41) is 2.76. The second kappa shape index (κ2) is 9.30. The van der Waals surface area contributed by atoms with Crippen LogP contribution >= 0.6 is 0 Å². The van der Waals surface area contributed by atoms with Crippen LogP contribution in [-0.4, -0.2) is 37.4 Å². The van der Waals surface area contributed by atoms with Crippen molar-refractivity contribution in [2.75, 3.05) is 31.7 Å². The van der Waals surface area contributed by atoms with Crippen LogP contribution in [0, 0.1) is 0 Å². The summed E-state index contributed by atoms with van der Waals surface area (Å²) in [6.07, 6.45) is 5.27. The highest BCUT2D eigenvalue weighted by atomic mass is 16.6. The number of rotatable bonds is 7. The average Bonchev–Trinajstić information content (AvgIpc) is 2.56. The standard InChI is InChI=1S/C17H26N2O3/c1-2-3-13-21-16-10-6-5-9-15(16)18-17(20)22-14-19-11-7-4-8-12-19/h5-6,9-10H,2-4,7-8,11-14H2,1H3,(H,18,20). The van der Waals surface area contributed by atoms with Gasteiger partial charge in [-0.05, 0) is 31.4 Å². The Kier molecular flexibility index (Phi) is 7.03. The van der Waals surface area contributed by atoms with E-state index >= 15 is 0 Å². The summed E-state index contributed by atoms with van der Waals surface area (Å²) in [6, 6.07) is 7.44. The van der Waals surface area contributed by atoms with Gasteiger partial charge in [-0.1, -0.05) is 31.9 Å². The number of benzene rings is 1. The first-order valence-corrected chi connectivity index (χ1v) is 8.17. The van der Waals surface area contributed by atoms with Crippen LogP contribution in [0.3, 0.4) is 0 Å². The summed E-state index contributed by atoms with van der Waals surface area (Å²) >= 11 is 0. The molecule has 1 aromatic rings. The lowest BCUT2D eigenvalue weighted by Crippen LogP contribution is -2.33. The van der Waals surface area contributed by atoms with Crippen molar-refractivity contribution in [2.45, 2.75) is 39.0 Å². The molecule has 0 bridgehead atoms. The van der Waals surface area contributed by atoms with E-state index in [0.29, 0.717) is 24.8 Å². The normalized spacial score (nSPS) is 15.3. The van der Waals surface area contributed by atoms with Crippen molar-refractivity contribution in [3.05, 3.63) is 24.3 Å². The molecule has 0 radical (unpaired) electrons. The number of piperidine rings is 1. The van der Waals surface area contributed by atoms with Gasteiger partial charge >= 0.3 is 6.09 Å². The van der Waals surface area contributed by atoms with E-state index in [1.165, 1.54) is 19.3 Å². The van der Waals surface area contributed by atoms with Crippen molar-refractivity contribution in [3.8, 4) is 5.75 Å². The van der Waals surface area contributed by atoms with Crippen molar-refractivity contribution in [2.24, 2.45) is 0 Å². The van der Waals surface area contributed by atoms with E-state index in [4.69, 9.17) is 9.47 Å². The van der Waals surface area contributed by atoms with Gasteiger partial charge < -0.3 is 9.47 Å². The Morgan fingerprint density at radius 2 is 2.00 bits per heavy atom. The number of nitrogens with zero attached hydrogens (tertiary/aromatic N) is 1. The minimum Gasteiger partial charge on any atom is -0.491 e. The second-order valence-electron chi connectivity index (χ2n) is 5.56. The van der Waals surface area contributed by atoms with Crippen LogP contribution in [0.1, 0.15) is 39.0 Å². The fraction of sp³-hybridized carbons (Fsp3) is 0.588. The van der Waals surface area contributed by atoms with Gasteiger partial charge in [-0.25, -0.2) is 4.79 Å². The van der Waals surface area contributed by atoms with E-state index < -0.39 is 6.09 Å². The molecular weight excluding hydrogens is 280 g/mol. The zero-order valence-corrected chi connectivity index (χ0v) is 13.3. The predicted octanol–water partition coefficient (Wildman–Crippen LogP) is 3.86. The summed E-state index contributed by atoms with van der Waals surface area (Å²) in [5.74, 6) is 0.686. The fourth-order valence-electron chi connectivity index (χ4n) is 2.41. The molecule has 0 atom stereocenters. The van der Waals surface area contributed by atoms with Crippen LogP contribution in [0.15, 0.2) is 24.3 Å². The van der Waals surface area contributed by atoms with Crippen LogP contribution in [0.25, 0.3) is 0 Å². The third kappa shape index (κ3) is 5.56. The van der Waals surface area contributed by atoms with Crippen LogP contribution in [0.2, 0.25) is 0 Å². The molecule has 1 saturated heterocycles. The minimum absolute atomic E-state index is 0.352. The van der Waals surface area contributed by atoms with Crippen molar-refractivity contribution in [3.63, 3.8) is 0 Å². The SMILES string of the molecule is CCCCOc1ccccc1NC(=O)OCN1CCCCC1. The van der Waals surface area contributed by atoms with E-state index in [1.807, 2.05) is 24.3 Å². The van der Waals surface area contributed by atoms with Crippen molar-refractivity contribution in [1.29, 1.82) is 0 Å². The number of amides is 1. The van der Waals surface area contributed by atoms with Gasteiger partial charge in [-0.15, -0.1) is 0 Å². The van der Waals surface area contributed by atoms with Crippen LogP contribution in [0.4, 0.5) is 10.5 Å². The molecule has 0 saturated carbocycles. The lowest BCUT2D eigenvalue weighted by Gasteiger charge is -2.25. The minimum atomic E-state index is -0.433. The first-order valence-electron chi connectivity index (χ1n) is 8.17. The maximum atomic E-state index is 11.9. The zero-order chi connectivity index (χ0) is 15.6. The van der Waals surface area contributed by atoms with E-state index in [1.54, 1.807) is 0 Å². The number of ether oxygens (including phenoxy) is 2. The quantitative estimate of drug-likeness (QED) is 0.777. The third-order valence-electron chi connectivity index (χ3n) is 3.71. The fourth-order valence-corrected chi connectivity index (χ4v) is 2.41. The molecule has 122 valence electrons. The Morgan fingerprint density at radius 3 is 2.77 bits per heavy atom. The highest BCUT2D eigenvalue weighted by Gasteiger charge is 2.13. The van der Waals surface area contributed by atoms with Crippen LogP contribution < -0.4 is 10.1 Å². The summed E-state index contributed by atoms with van der Waals surface area (Å²) in [4.78, 5) is 14.1. The summed E-state index contributed by atoms with van der Waals surface area (Å²) in [5.41, 5.74) is 0.655. The summed E-state index contributed by atoms with van der Waals surface area (Å²) < 4.78 is 11.0. The molecule has 5 nitrogen and oxygen atoms in total. The van der Waals surface area contributed by atoms with Gasteiger partial charge in [0.1, 0.15) is 12.5 Å². The van der Waals surface area contributed by atoms with Crippen molar-refractivity contribution < 1.29 is 14.3 Å². The highest BCUT2D eigenvalue weighted by molar-refractivity contribution is 5.86. The molecule has 0 aromatic heterocycles. The lowest BCUT2D eigenvalue weighted by molar-refractivity contribution is 0.0659. The first kappa shape index (κ1) is 16.6. The van der Waals surface area contributed by atoms with Gasteiger partial charge in [-0.3, -0.25) is 10.2 Å². The van der Waals surface area contributed by atoms with E-state index in [0.717, 1.165) is 25.9 Å². The molecule has 2 rings (SSSR count). The molecule has 1 amide bonds. The third-order valence-corrected chi connectivity index (χ3v) is 3.71. The van der Waals surface area contributed by atoms with Gasteiger partial charge in [0, 0.05) is 13.1 Å². The van der Waals surface area contributed by atoms with Crippen molar-refractivity contribution >= 4 is 11.8 Å². The lowest BCUT2D eigenvalue weighted by atomic mass is 10.1. The first-order chi connectivity index (χ1) is 10.8. The molecule has 0 spiro atoms. The number of anilines is 1. The van der Waals surface area contributed by atoms with Gasteiger partial charge in [0.2, 0.25) is 0 Å². The molecule has 0 aliphatic carbocycles. The van der Waals surface area contributed by atoms with Crippen LogP contribution in [0.5, 0.6) is 5.75 Å². The molecule has 1 fully saturated rings. The number of carbonyl (C=O) groups excluding carboxylic acids is 1. The van der Waals surface area contributed by atoms with Gasteiger partial charge in [-0.2, -0.15) is 0 Å². The molecule has 1 aromatic carbocycles. The predicted molar refractivity (Wildman–Crippen MR) is 87.2 cm³/mol. The van der Waals surface area contributed by atoms with Crippen molar-refractivity contribution in [1.82, 2.24) is 4.90 Å². The highest BCUT2D eigenvalue weighted by Crippen LogP contribution is 2.24. The Bertz CT molecular complexity index is 459. The van der Waals surface area contributed by atoms with Gasteiger partial charge in [0.15, 0.2) is 0 Å². The monoisotopic (exact) mass is 306 g/mol. The number of hydrogen-bond donors (Lipinski definition) is 1. The molecule has 0 unspecified atom stereocenters. The van der Waals surface area contributed by atoms with Gasteiger partial charge in [0.05, 0.1) is 12.3 Å². The molecular formula is C17H26N2O3. The molecule has 1 aliphatic rings. The summed E-state index contributed by atoms with van der Waals surface area (Å²) in [7, 11) is 0. The Labute approximate surface area is 132 Å². The Hall–Kier alpha value is -1.75. The second-order valence-corrected chi connectivity index (χ2v) is 5.56. The molecule has 1 N–H and O–H groups in total. The zero-order valence-electron chi connectivity index (χ0n) is 13.3. The topological polar surface area (TPSA) is 50.8 Å². The largest absolute Gasteiger partial charge is 0.491 e. The number of hydrogen-bond acceptors (Lipinski definition) is 4. The molecule has 22 heavy (non-hydrogen) atoms. The smallest absolute Gasteiger partial charge is 0.413 e. The maximum absolute atomic E-state index is 11.9. The molecule has 5 heteroatoms. The van der Waals surface area contributed by atoms with E-state index in [2.05, 4.69) is 17.1 Å². The van der Waals surface area contributed by atoms with E-state index in [-0.39, 0.29) is 0 Å². The Morgan fingerprint density at radius 1 is 1.23 bits per heavy atom. The number of para-hydroxylation sites is 2. The number of carbonyl (C=O) groups is 1. The Balaban J connectivity index is 1.79. The maximum Gasteiger partial charge on any atom is 0.413 e. The summed E-state index contributed by atoms with van der Waals surface area (Å²) in [6.45, 7) is 5.13.